The van der Waals surface area contributed by atoms with Crippen LogP contribution in [0.25, 0.3) is 28.1 Å². The monoisotopic (exact) mass is 490 g/mol. The molecule has 9 nitrogen and oxygen atoms in total. The van der Waals surface area contributed by atoms with Gasteiger partial charge in [0.05, 0.1) is 16.7 Å². The number of benzene rings is 2. The molecule has 0 aliphatic heterocycles. The standard InChI is InChI=1S/C25H26N6O3S/c1-3-17-10-12-18(13-11-17)22-26-21(34-29-22)16-35-25-28-27-24-30(14-7-15-33-4-2)23(32)19-8-5-6-9-20(19)31(24)25/h5-6,8-13H,3-4,7,14-16H2,1-2H3. The zero-order valence-electron chi connectivity index (χ0n) is 19.7. The van der Waals surface area contributed by atoms with Crippen molar-refractivity contribution < 1.29 is 9.26 Å². The Kier molecular flexibility index (Phi) is 6.91. The number of aromatic nitrogens is 6. The van der Waals surface area contributed by atoms with E-state index in [0.717, 1.165) is 17.5 Å². The van der Waals surface area contributed by atoms with Crippen LogP contribution in [0.5, 0.6) is 0 Å². The summed E-state index contributed by atoms with van der Waals surface area (Å²) in [4.78, 5) is 17.7. The molecule has 2 aromatic carbocycles. The van der Waals surface area contributed by atoms with Crippen molar-refractivity contribution in [3.63, 3.8) is 0 Å². The van der Waals surface area contributed by atoms with Gasteiger partial charge < -0.3 is 9.26 Å². The molecule has 35 heavy (non-hydrogen) atoms. The molecule has 0 atom stereocenters. The van der Waals surface area contributed by atoms with Crippen molar-refractivity contribution in [2.45, 2.75) is 44.1 Å². The van der Waals surface area contributed by atoms with Gasteiger partial charge in [-0.2, -0.15) is 4.98 Å². The first kappa shape index (κ1) is 23.3. The number of rotatable bonds is 10. The molecule has 0 radical (unpaired) electrons. The molecule has 0 fully saturated rings. The highest BCUT2D eigenvalue weighted by Gasteiger charge is 2.18. The lowest BCUT2D eigenvalue weighted by Gasteiger charge is -2.11. The van der Waals surface area contributed by atoms with Crippen molar-refractivity contribution in [3.05, 3.63) is 70.3 Å². The van der Waals surface area contributed by atoms with Crippen LogP contribution in [-0.4, -0.2) is 42.5 Å². The van der Waals surface area contributed by atoms with Crippen LogP contribution >= 0.6 is 11.8 Å². The number of ether oxygens (including phenoxy) is 1. The summed E-state index contributed by atoms with van der Waals surface area (Å²) >= 11 is 1.44. The van der Waals surface area contributed by atoms with Crippen LogP contribution in [0.4, 0.5) is 0 Å². The molecule has 0 saturated heterocycles. The quantitative estimate of drug-likeness (QED) is 0.210. The average molecular weight is 491 g/mol. The van der Waals surface area contributed by atoms with Crippen molar-refractivity contribution in [3.8, 4) is 11.4 Å². The Hall–Kier alpha value is -3.50. The lowest BCUT2D eigenvalue weighted by atomic mass is 10.1. The maximum atomic E-state index is 13.2. The van der Waals surface area contributed by atoms with Gasteiger partial charge in [-0.05, 0) is 37.5 Å². The normalized spacial score (nSPS) is 11.6. The zero-order valence-corrected chi connectivity index (χ0v) is 20.5. The van der Waals surface area contributed by atoms with Gasteiger partial charge in [0, 0.05) is 25.3 Å². The fourth-order valence-electron chi connectivity index (χ4n) is 3.94. The van der Waals surface area contributed by atoms with E-state index in [1.165, 1.54) is 17.3 Å². The van der Waals surface area contributed by atoms with Crippen molar-refractivity contribution in [2.24, 2.45) is 0 Å². The predicted molar refractivity (Wildman–Crippen MR) is 135 cm³/mol. The van der Waals surface area contributed by atoms with Gasteiger partial charge in [-0.3, -0.25) is 13.8 Å². The van der Waals surface area contributed by atoms with Crippen LogP contribution in [0.3, 0.4) is 0 Å². The van der Waals surface area contributed by atoms with Gasteiger partial charge in [0.2, 0.25) is 17.5 Å². The van der Waals surface area contributed by atoms with Crippen LogP contribution in [0, 0.1) is 0 Å². The van der Waals surface area contributed by atoms with Crippen LogP contribution < -0.4 is 5.56 Å². The number of hydrogen-bond acceptors (Lipinski definition) is 8. The van der Waals surface area contributed by atoms with Gasteiger partial charge in [0.15, 0.2) is 5.16 Å². The minimum atomic E-state index is -0.0795. The summed E-state index contributed by atoms with van der Waals surface area (Å²) in [5.41, 5.74) is 2.86. The molecule has 0 N–H and O–H groups in total. The first-order valence-electron chi connectivity index (χ1n) is 11.7. The van der Waals surface area contributed by atoms with Gasteiger partial charge in [0.25, 0.3) is 5.56 Å². The van der Waals surface area contributed by atoms with E-state index in [9.17, 15) is 4.79 Å². The molecule has 5 rings (SSSR count). The Bertz CT molecular complexity index is 1510. The van der Waals surface area contributed by atoms with Crippen molar-refractivity contribution in [2.75, 3.05) is 13.2 Å². The third-order valence-corrected chi connectivity index (χ3v) is 6.68. The van der Waals surface area contributed by atoms with Gasteiger partial charge in [-0.25, -0.2) is 0 Å². The number of aryl methyl sites for hydroxylation is 2. The van der Waals surface area contributed by atoms with Crippen molar-refractivity contribution in [1.29, 1.82) is 0 Å². The van der Waals surface area contributed by atoms with Crippen LogP contribution in [0.15, 0.2) is 63.0 Å². The molecule has 0 saturated carbocycles. The maximum Gasteiger partial charge on any atom is 0.262 e. The molecule has 0 aliphatic carbocycles. The van der Waals surface area contributed by atoms with E-state index in [4.69, 9.17) is 9.26 Å². The molecule has 5 aromatic rings. The second-order valence-corrected chi connectivity index (χ2v) is 8.94. The number of fused-ring (bicyclic) bond motifs is 3. The summed E-state index contributed by atoms with van der Waals surface area (Å²) in [7, 11) is 0. The second-order valence-electron chi connectivity index (χ2n) is 7.99. The van der Waals surface area contributed by atoms with E-state index in [0.29, 0.717) is 60.0 Å². The fourth-order valence-corrected chi connectivity index (χ4v) is 4.72. The van der Waals surface area contributed by atoms with Crippen LogP contribution in [0.1, 0.15) is 31.7 Å². The minimum Gasteiger partial charge on any atom is -0.382 e. The highest BCUT2D eigenvalue weighted by molar-refractivity contribution is 7.98. The maximum absolute atomic E-state index is 13.2. The Morgan fingerprint density at radius 3 is 2.69 bits per heavy atom. The highest BCUT2D eigenvalue weighted by atomic mass is 32.2. The molecule has 0 aliphatic rings. The molecule has 0 unspecified atom stereocenters. The summed E-state index contributed by atoms with van der Waals surface area (Å²) in [6.45, 7) is 5.81. The molecule has 0 bridgehead atoms. The van der Waals surface area contributed by atoms with Gasteiger partial charge in [-0.15, -0.1) is 10.2 Å². The molecule has 10 heteroatoms. The minimum absolute atomic E-state index is 0.0795. The lowest BCUT2D eigenvalue weighted by molar-refractivity contribution is 0.141. The first-order valence-corrected chi connectivity index (χ1v) is 12.7. The summed E-state index contributed by atoms with van der Waals surface area (Å²) in [5, 5.41) is 14.1. The molecule has 3 heterocycles. The third-order valence-electron chi connectivity index (χ3n) is 5.77. The average Bonchev–Trinajstić information content (AvgIpc) is 3.54. The Morgan fingerprint density at radius 1 is 1.06 bits per heavy atom. The van der Waals surface area contributed by atoms with Gasteiger partial charge >= 0.3 is 0 Å². The third kappa shape index (κ3) is 4.71. The van der Waals surface area contributed by atoms with Gasteiger partial charge in [0.1, 0.15) is 0 Å². The van der Waals surface area contributed by atoms with E-state index in [-0.39, 0.29) is 5.56 Å². The molecule has 3 aromatic heterocycles. The molecule has 180 valence electrons. The van der Waals surface area contributed by atoms with E-state index < -0.39 is 0 Å². The van der Waals surface area contributed by atoms with Crippen LogP contribution in [0.2, 0.25) is 0 Å². The number of nitrogens with zero attached hydrogens (tertiary/aromatic N) is 6. The SMILES string of the molecule is CCOCCCn1c(=O)c2ccccc2n2c(SCc3nc(-c4ccc(CC)cc4)no3)nnc12. The lowest BCUT2D eigenvalue weighted by Crippen LogP contribution is -2.24. The van der Waals surface area contributed by atoms with E-state index in [1.807, 2.05) is 47.7 Å². The smallest absolute Gasteiger partial charge is 0.262 e. The van der Waals surface area contributed by atoms with E-state index in [2.05, 4.69) is 39.4 Å². The topological polar surface area (TPSA) is 100 Å². The second kappa shape index (κ2) is 10.4. The van der Waals surface area contributed by atoms with Crippen LogP contribution in [-0.2, 0) is 23.5 Å². The molecule has 0 amide bonds. The summed E-state index contributed by atoms with van der Waals surface area (Å²) in [5.74, 6) is 1.99. The summed E-state index contributed by atoms with van der Waals surface area (Å²) < 4.78 is 14.5. The number of thioether (sulfide) groups is 1. The predicted octanol–water partition coefficient (Wildman–Crippen LogP) is 4.38. The molecular weight excluding hydrogens is 464 g/mol. The van der Waals surface area contributed by atoms with E-state index >= 15 is 0 Å². The zero-order chi connectivity index (χ0) is 24.2. The largest absolute Gasteiger partial charge is 0.382 e. The summed E-state index contributed by atoms with van der Waals surface area (Å²) in [6.07, 6.45) is 1.69. The number of hydrogen-bond donors (Lipinski definition) is 0. The first-order chi connectivity index (χ1) is 17.2. The Morgan fingerprint density at radius 2 is 1.89 bits per heavy atom. The summed E-state index contributed by atoms with van der Waals surface area (Å²) in [6, 6.07) is 15.7. The number of para-hydroxylation sites is 1. The molecular formula is C25H26N6O3S. The highest BCUT2D eigenvalue weighted by Crippen LogP contribution is 2.25. The Labute approximate surface area is 206 Å². The van der Waals surface area contributed by atoms with Gasteiger partial charge in [-0.1, -0.05) is 60.2 Å². The molecule has 0 spiro atoms. The van der Waals surface area contributed by atoms with Crippen molar-refractivity contribution in [1.82, 2.24) is 29.3 Å². The Balaban J connectivity index is 1.43. The fraction of sp³-hybridized carbons (Fsp3) is 0.320. The van der Waals surface area contributed by atoms with E-state index in [1.54, 1.807) is 4.57 Å². The van der Waals surface area contributed by atoms with Crippen molar-refractivity contribution >= 4 is 28.4 Å².